The molecule has 0 aliphatic carbocycles. The fourth-order valence-corrected chi connectivity index (χ4v) is 3.20. The molecular weight excluding hydrogens is 395 g/mol. The molecule has 1 heterocycles. The number of carbonyl (C=O) groups is 4. The Hall–Kier alpha value is -3.75. The van der Waals surface area contributed by atoms with E-state index in [1.165, 1.54) is 55.5 Å². The lowest BCUT2D eigenvalue weighted by Gasteiger charge is -2.17. The van der Waals surface area contributed by atoms with Crippen LogP contribution in [0, 0.1) is 11.7 Å². The Balaban J connectivity index is 1.80. The van der Waals surface area contributed by atoms with E-state index in [4.69, 9.17) is 0 Å². The Labute approximate surface area is 171 Å². The van der Waals surface area contributed by atoms with Crippen molar-refractivity contribution in [3.8, 4) is 0 Å². The number of hydrogen-bond donors (Lipinski definition) is 1. The molecular formula is C21H19FN2O6. The van der Waals surface area contributed by atoms with E-state index >= 15 is 0 Å². The Bertz CT molecular complexity index is 988. The van der Waals surface area contributed by atoms with E-state index in [2.05, 4.69) is 14.8 Å². The van der Waals surface area contributed by atoms with Gasteiger partial charge in [-0.15, -0.1) is 0 Å². The van der Waals surface area contributed by atoms with Crippen LogP contribution in [0.1, 0.15) is 27.1 Å². The minimum atomic E-state index is -0.736. The summed E-state index contributed by atoms with van der Waals surface area (Å²) in [7, 11) is 2.37. The second-order valence-electron chi connectivity index (χ2n) is 6.63. The molecule has 8 nitrogen and oxygen atoms in total. The van der Waals surface area contributed by atoms with Crippen molar-refractivity contribution in [3.63, 3.8) is 0 Å². The van der Waals surface area contributed by atoms with Crippen LogP contribution in [-0.4, -0.2) is 44.5 Å². The van der Waals surface area contributed by atoms with Crippen molar-refractivity contribution in [2.24, 2.45) is 5.92 Å². The maximum Gasteiger partial charge on any atom is 0.337 e. The first kappa shape index (κ1) is 21.0. The number of rotatable bonds is 5. The average molecular weight is 414 g/mol. The zero-order chi connectivity index (χ0) is 21.8. The van der Waals surface area contributed by atoms with Gasteiger partial charge < -0.3 is 19.7 Å². The van der Waals surface area contributed by atoms with Crippen molar-refractivity contribution in [2.75, 3.05) is 31.0 Å². The van der Waals surface area contributed by atoms with Crippen molar-refractivity contribution < 1.29 is 33.0 Å². The van der Waals surface area contributed by atoms with E-state index < -0.39 is 29.6 Å². The number of nitrogens with one attached hydrogen (secondary N) is 1. The molecule has 3 rings (SSSR count). The molecule has 0 aromatic heterocycles. The van der Waals surface area contributed by atoms with Crippen LogP contribution in [0.3, 0.4) is 0 Å². The standard InChI is InChI=1S/C21H19FN2O6/c1-29-20(27)12-7-13(21(28)30-2)9-15(8-12)23-19(26)14-10-18(25)24(11-14)17-6-4-3-5-16(17)22/h3-9,14H,10-11H2,1-2H3,(H,23,26)/t14-/m1/s1. The van der Waals surface area contributed by atoms with E-state index in [9.17, 15) is 23.6 Å². The highest BCUT2D eigenvalue weighted by molar-refractivity contribution is 6.04. The van der Waals surface area contributed by atoms with E-state index in [0.29, 0.717) is 0 Å². The molecule has 0 unspecified atom stereocenters. The summed E-state index contributed by atoms with van der Waals surface area (Å²) in [4.78, 5) is 50.0. The van der Waals surface area contributed by atoms with Crippen LogP contribution in [-0.2, 0) is 19.1 Å². The van der Waals surface area contributed by atoms with Gasteiger partial charge >= 0.3 is 11.9 Å². The molecule has 1 fully saturated rings. The van der Waals surface area contributed by atoms with Crippen molar-refractivity contribution >= 4 is 35.1 Å². The van der Waals surface area contributed by atoms with Crippen LogP contribution in [0.5, 0.6) is 0 Å². The third kappa shape index (κ3) is 4.29. The summed E-state index contributed by atoms with van der Waals surface area (Å²) in [5.74, 6) is -3.56. The van der Waals surface area contributed by atoms with Gasteiger partial charge in [0.25, 0.3) is 0 Å². The van der Waals surface area contributed by atoms with Crippen molar-refractivity contribution in [1.29, 1.82) is 0 Å². The molecule has 2 amide bonds. The zero-order valence-electron chi connectivity index (χ0n) is 16.3. The molecule has 2 aromatic rings. The lowest BCUT2D eigenvalue weighted by molar-refractivity contribution is -0.122. The lowest BCUT2D eigenvalue weighted by atomic mass is 10.1. The molecule has 2 aromatic carbocycles. The van der Waals surface area contributed by atoms with Gasteiger partial charge in [-0.25, -0.2) is 14.0 Å². The number of benzene rings is 2. The van der Waals surface area contributed by atoms with Crippen LogP contribution in [0.25, 0.3) is 0 Å². The van der Waals surface area contributed by atoms with Gasteiger partial charge in [-0.05, 0) is 30.3 Å². The summed E-state index contributed by atoms with van der Waals surface area (Å²) in [6.45, 7) is 0.00610. The number of para-hydroxylation sites is 1. The zero-order valence-corrected chi connectivity index (χ0v) is 16.3. The fraction of sp³-hybridized carbons (Fsp3) is 0.238. The van der Waals surface area contributed by atoms with Crippen molar-refractivity contribution in [2.45, 2.75) is 6.42 Å². The van der Waals surface area contributed by atoms with Gasteiger partial charge in [-0.1, -0.05) is 12.1 Å². The van der Waals surface area contributed by atoms with Gasteiger partial charge in [0.05, 0.1) is 37.0 Å². The molecule has 0 spiro atoms. The highest BCUT2D eigenvalue weighted by atomic mass is 19.1. The van der Waals surface area contributed by atoms with Gasteiger partial charge in [0.1, 0.15) is 5.82 Å². The highest BCUT2D eigenvalue weighted by Crippen LogP contribution is 2.28. The minimum absolute atomic E-state index is 0.00610. The topological polar surface area (TPSA) is 102 Å². The molecule has 0 bridgehead atoms. The van der Waals surface area contributed by atoms with E-state index in [-0.39, 0.29) is 41.4 Å². The van der Waals surface area contributed by atoms with Crippen LogP contribution < -0.4 is 10.2 Å². The quantitative estimate of drug-likeness (QED) is 0.754. The number of methoxy groups -OCH3 is 2. The van der Waals surface area contributed by atoms with Gasteiger partial charge in [0, 0.05) is 18.7 Å². The molecule has 0 radical (unpaired) electrons. The minimum Gasteiger partial charge on any atom is -0.465 e. The molecule has 1 atom stereocenters. The number of halogens is 1. The summed E-state index contributed by atoms with van der Waals surface area (Å²) in [6.07, 6.45) is -0.0965. The summed E-state index contributed by atoms with van der Waals surface area (Å²) in [5.41, 5.74) is 0.371. The molecule has 1 aliphatic heterocycles. The van der Waals surface area contributed by atoms with Crippen molar-refractivity contribution in [3.05, 3.63) is 59.4 Å². The molecule has 9 heteroatoms. The van der Waals surface area contributed by atoms with E-state index in [1.807, 2.05) is 0 Å². The van der Waals surface area contributed by atoms with Gasteiger partial charge in [-0.2, -0.15) is 0 Å². The molecule has 1 aliphatic rings. The number of esters is 2. The smallest absolute Gasteiger partial charge is 0.337 e. The summed E-state index contributed by atoms with van der Waals surface area (Å²) in [6, 6.07) is 9.80. The van der Waals surface area contributed by atoms with Crippen LogP contribution in [0.4, 0.5) is 15.8 Å². The molecule has 1 N–H and O–H groups in total. The third-order valence-electron chi connectivity index (χ3n) is 4.68. The number of amides is 2. The van der Waals surface area contributed by atoms with Crippen LogP contribution in [0.15, 0.2) is 42.5 Å². The number of hydrogen-bond acceptors (Lipinski definition) is 6. The number of ether oxygens (including phenoxy) is 2. The average Bonchev–Trinajstić information content (AvgIpc) is 3.14. The first-order valence-electron chi connectivity index (χ1n) is 9.01. The maximum absolute atomic E-state index is 14.0. The molecule has 30 heavy (non-hydrogen) atoms. The second kappa shape index (κ2) is 8.73. The van der Waals surface area contributed by atoms with Gasteiger partial charge in [-0.3, -0.25) is 9.59 Å². The molecule has 1 saturated heterocycles. The second-order valence-corrected chi connectivity index (χ2v) is 6.63. The number of anilines is 2. The Kier molecular flexibility index (Phi) is 6.10. The van der Waals surface area contributed by atoms with E-state index in [0.717, 1.165) is 0 Å². The Morgan fingerprint density at radius 1 is 1.03 bits per heavy atom. The van der Waals surface area contributed by atoms with Gasteiger partial charge in [0.2, 0.25) is 11.8 Å². The fourth-order valence-electron chi connectivity index (χ4n) is 3.20. The van der Waals surface area contributed by atoms with Crippen LogP contribution >= 0.6 is 0 Å². The number of nitrogens with zero attached hydrogens (tertiary/aromatic N) is 1. The SMILES string of the molecule is COC(=O)c1cc(NC(=O)[C@@H]2CC(=O)N(c3ccccc3F)C2)cc(C(=O)OC)c1. The predicted octanol–water partition coefficient (Wildman–Crippen LogP) is 2.39. The number of carbonyl (C=O) groups excluding carboxylic acids is 4. The normalized spacial score (nSPS) is 15.6. The largest absolute Gasteiger partial charge is 0.465 e. The van der Waals surface area contributed by atoms with E-state index in [1.54, 1.807) is 6.07 Å². The predicted molar refractivity (Wildman–Crippen MR) is 105 cm³/mol. The summed E-state index contributed by atoms with van der Waals surface area (Å²) < 4.78 is 23.3. The Morgan fingerprint density at radius 3 is 2.20 bits per heavy atom. The maximum atomic E-state index is 14.0. The third-order valence-corrected chi connectivity index (χ3v) is 4.68. The lowest BCUT2D eigenvalue weighted by Crippen LogP contribution is -2.28. The Morgan fingerprint density at radius 2 is 1.63 bits per heavy atom. The highest BCUT2D eigenvalue weighted by Gasteiger charge is 2.36. The van der Waals surface area contributed by atoms with Crippen LogP contribution in [0.2, 0.25) is 0 Å². The first-order valence-corrected chi connectivity index (χ1v) is 9.01. The molecule has 0 saturated carbocycles. The van der Waals surface area contributed by atoms with Crippen molar-refractivity contribution in [1.82, 2.24) is 0 Å². The molecule has 156 valence electrons. The van der Waals surface area contributed by atoms with Gasteiger partial charge in [0.15, 0.2) is 0 Å². The monoisotopic (exact) mass is 414 g/mol. The summed E-state index contributed by atoms with van der Waals surface area (Å²) in [5, 5.41) is 2.60. The first-order chi connectivity index (χ1) is 14.3. The summed E-state index contributed by atoms with van der Waals surface area (Å²) >= 11 is 0.